The maximum absolute atomic E-state index is 5.66. The van der Waals surface area contributed by atoms with Crippen LogP contribution in [0.15, 0.2) is 24.3 Å². The van der Waals surface area contributed by atoms with Crippen LogP contribution in [-0.2, 0) is 14.2 Å². The molecule has 5 heteroatoms. The predicted octanol–water partition coefficient (Wildman–Crippen LogP) is 3.12. The summed E-state index contributed by atoms with van der Waals surface area (Å²) in [6.45, 7) is 14.3. The Kier molecular flexibility index (Phi) is 12.6. The topological polar surface area (TPSA) is 49.0 Å². The lowest BCUT2D eigenvalue weighted by Gasteiger charge is -2.09. The Morgan fingerprint density at radius 3 is 1.93 bits per heavy atom. The van der Waals surface area contributed by atoms with Crippen molar-refractivity contribution in [1.82, 2.24) is 5.32 Å². The van der Waals surface area contributed by atoms with Gasteiger partial charge >= 0.3 is 0 Å². The fraction of sp³-hybridized carbons (Fsp3) is 0.636. The molecule has 0 bridgehead atoms. The fourth-order valence-corrected chi connectivity index (χ4v) is 1.98. The second-order valence-electron chi connectivity index (χ2n) is 7.06. The van der Waals surface area contributed by atoms with Gasteiger partial charge in [0, 0.05) is 17.5 Å². The summed E-state index contributed by atoms with van der Waals surface area (Å²) in [5, 5.41) is 3.20. The lowest BCUT2D eigenvalue weighted by atomic mass is 9.97. The van der Waals surface area contributed by atoms with E-state index >= 15 is 0 Å². The molecule has 0 aliphatic carbocycles. The number of hydrogen-bond acceptors (Lipinski definition) is 5. The lowest BCUT2D eigenvalue weighted by Crippen LogP contribution is -2.20. The molecule has 0 aliphatic heterocycles. The summed E-state index contributed by atoms with van der Waals surface area (Å²) in [4.78, 5) is 0. The molecular weight excluding hydrogens is 342 g/mol. The standard InChI is InChI=1S/C22H35NO4/c1-5-23-12-13-24-14-15-25-16-17-26-18-19-27-21-8-6-20(7-9-21)10-11-22(2,3)4/h6-9,23H,5,12-19H2,1-4H3. The number of rotatable bonds is 14. The molecule has 1 aromatic carbocycles. The Morgan fingerprint density at radius 2 is 1.37 bits per heavy atom. The zero-order valence-corrected chi connectivity index (χ0v) is 17.3. The van der Waals surface area contributed by atoms with Gasteiger partial charge in [-0.25, -0.2) is 0 Å². The van der Waals surface area contributed by atoms with Gasteiger partial charge in [0.2, 0.25) is 0 Å². The maximum Gasteiger partial charge on any atom is 0.119 e. The van der Waals surface area contributed by atoms with Crippen LogP contribution in [0.2, 0.25) is 0 Å². The van der Waals surface area contributed by atoms with Crippen LogP contribution in [0, 0.1) is 17.3 Å². The number of hydrogen-bond donors (Lipinski definition) is 1. The van der Waals surface area contributed by atoms with Gasteiger partial charge in [-0.05, 0) is 51.6 Å². The van der Waals surface area contributed by atoms with Gasteiger partial charge in [0.25, 0.3) is 0 Å². The highest BCUT2D eigenvalue weighted by molar-refractivity contribution is 5.38. The third kappa shape index (κ3) is 14.2. The summed E-state index contributed by atoms with van der Waals surface area (Å²) < 4.78 is 22.0. The van der Waals surface area contributed by atoms with Crippen LogP contribution in [-0.4, -0.2) is 59.3 Å². The highest BCUT2D eigenvalue weighted by Crippen LogP contribution is 2.13. The fourth-order valence-electron chi connectivity index (χ4n) is 1.98. The van der Waals surface area contributed by atoms with E-state index in [0.29, 0.717) is 39.6 Å². The third-order valence-electron chi connectivity index (χ3n) is 3.35. The van der Waals surface area contributed by atoms with Crippen LogP contribution >= 0.6 is 0 Å². The average molecular weight is 378 g/mol. The smallest absolute Gasteiger partial charge is 0.119 e. The Morgan fingerprint density at radius 1 is 0.815 bits per heavy atom. The summed E-state index contributed by atoms with van der Waals surface area (Å²) in [6, 6.07) is 7.82. The van der Waals surface area contributed by atoms with E-state index in [-0.39, 0.29) is 5.41 Å². The van der Waals surface area contributed by atoms with Crippen molar-refractivity contribution in [3.63, 3.8) is 0 Å². The normalized spacial score (nSPS) is 11.1. The molecule has 0 unspecified atom stereocenters. The Labute approximate surface area is 164 Å². The molecule has 1 rings (SSSR count). The van der Waals surface area contributed by atoms with Crippen LogP contribution < -0.4 is 10.1 Å². The van der Waals surface area contributed by atoms with Gasteiger partial charge in [0.05, 0.1) is 39.6 Å². The van der Waals surface area contributed by atoms with E-state index < -0.39 is 0 Å². The number of nitrogens with one attached hydrogen (secondary N) is 1. The minimum absolute atomic E-state index is 0.00929. The second-order valence-corrected chi connectivity index (χ2v) is 7.06. The molecule has 0 spiro atoms. The predicted molar refractivity (Wildman–Crippen MR) is 109 cm³/mol. The largest absolute Gasteiger partial charge is 0.491 e. The lowest BCUT2D eigenvalue weighted by molar-refractivity contribution is 0.00989. The molecular formula is C22H35NO4. The van der Waals surface area contributed by atoms with Gasteiger partial charge in [-0.15, -0.1) is 0 Å². The number of benzene rings is 1. The summed E-state index contributed by atoms with van der Waals surface area (Å²) in [5.74, 6) is 7.22. The Balaban J connectivity index is 1.98. The Bertz CT molecular complexity index is 540. The van der Waals surface area contributed by atoms with Crippen molar-refractivity contribution in [2.75, 3.05) is 59.3 Å². The summed E-state index contributed by atoms with van der Waals surface area (Å²) in [6.07, 6.45) is 0. The van der Waals surface area contributed by atoms with Gasteiger partial charge in [-0.1, -0.05) is 18.8 Å². The molecule has 0 fully saturated rings. The zero-order chi connectivity index (χ0) is 19.8. The SMILES string of the molecule is CCNCCOCCOCCOCCOc1ccc(C#CC(C)(C)C)cc1. The van der Waals surface area contributed by atoms with E-state index in [9.17, 15) is 0 Å². The van der Waals surface area contributed by atoms with E-state index in [0.717, 1.165) is 31.0 Å². The minimum atomic E-state index is 0.00929. The average Bonchev–Trinajstić information content (AvgIpc) is 2.64. The number of ether oxygens (including phenoxy) is 4. The van der Waals surface area contributed by atoms with Gasteiger partial charge in [0.15, 0.2) is 0 Å². The van der Waals surface area contributed by atoms with Crippen molar-refractivity contribution in [3.05, 3.63) is 29.8 Å². The van der Waals surface area contributed by atoms with E-state index in [1.807, 2.05) is 24.3 Å². The van der Waals surface area contributed by atoms with E-state index in [1.54, 1.807) is 0 Å². The highest BCUT2D eigenvalue weighted by atomic mass is 16.6. The first kappa shape index (κ1) is 23.5. The van der Waals surface area contributed by atoms with E-state index in [2.05, 4.69) is 44.9 Å². The molecule has 0 amide bonds. The summed E-state index contributed by atoms with van der Waals surface area (Å²) in [7, 11) is 0. The molecule has 0 saturated heterocycles. The molecule has 1 N–H and O–H groups in total. The molecule has 0 aliphatic rings. The first-order valence-electron chi connectivity index (χ1n) is 9.71. The molecule has 0 aromatic heterocycles. The second kappa shape index (κ2) is 14.5. The van der Waals surface area contributed by atoms with Gasteiger partial charge in [-0.2, -0.15) is 0 Å². The molecule has 0 radical (unpaired) electrons. The van der Waals surface area contributed by atoms with Crippen LogP contribution in [0.3, 0.4) is 0 Å². The van der Waals surface area contributed by atoms with Gasteiger partial charge < -0.3 is 24.3 Å². The quantitative estimate of drug-likeness (QED) is 0.399. The summed E-state index contributed by atoms with van der Waals surface area (Å²) >= 11 is 0. The van der Waals surface area contributed by atoms with Crippen LogP contribution in [0.4, 0.5) is 0 Å². The minimum Gasteiger partial charge on any atom is -0.491 e. The Hall–Kier alpha value is -1.58. The van der Waals surface area contributed by atoms with Gasteiger partial charge in [-0.3, -0.25) is 0 Å². The van der Waals surface area contributed by atoms with E-state index in [1.165, 1.54) is 0 Å². The molecule has 1 aromatic rings. The molecule has 27 heavy (non-hydrogen) atoms. The highest BCUT2D eigenvalue weighted by Gasteiger charge is 2.03. The molecule has 152 valence electrons. The van der Waals surface area contributed by atoms with Gasteiger partial charge in [0.1, 0.15) is 12.4 Å². The van der Waals surface area contributed by atoms with E-state index in [4.69, 9.17) is 18.9 Å². The monoisotopic (exact) mass is 377 g/mol. The molecule has 5 nitrogen and oxygen atoms in total. The molecule has 0 saturated carbocycles. The molecule has 0 atom stereocenters. The van der Waals surface area contributed by atoms with Crippen LogP contribution in [0.25, 0.3) is 0 Å². The van der Waals surface area contributed by atoms with Crippen molar-refractivity contribution in [1.29, 1.82) is 0 Å². The molecule has 0 heterocycles. The van der Waals surface area contributed by atoms with Crippen LogP contribution in [0.1, 0.15) is 33.3 Å². The first-order chi connectivity index (χ1) is 13.0. The van der Waals surface area contributed by atoms with Crippen molar-refractivity contribution in [3.8, 4) is 17.6 Å². The maximum atomic E-state index is 5.66. The summed E-state index contributed by atoms with van der Waals surface area (Å²) in [5.41, 5.74) is 1.01. The van der Waals surface area contributed by atoms with Crippen molar-refractivity contribution >= 4 is 0 Å². The first-order valence-corrected chi connectivity index (χ1v) is 9.71. The van der Waals surface area contributed by atoms with Crippen LogP contribution in [0.5, 0.6) is 5.75 Å². The van der Waals surface area contributed by atoms with Crippen molar-refractivity contribution < 1.29 is 18.9 Å². The number of likely N-dealkylation sites (N-methyl/N-ethyl adjacent to an activating group) is 1. The zero-order valence-electron chi connectivity index (χ0n) is 17.3. The third-order valence-corrected chi connectivity index (χ3v) is 3.35. The van der Waals surface area contributed by atoms with Crippen molar-refractivity contribution in [2.45, 2.75) is 27.7 Å². The van der Waals surface area contributed by atoms with Crippen molar-refractivity contribution in [2.24, 2.45) is 5.41 Å².